The molecule has 0 bridgehead atoms. The summed E-state index contributed by atoms with van der Waals surface area (Å²) in [5.41, 5.74) is 5.67. The smallest absolute Gasteiger partial charge is 0.223 e. The second-order valence-electron chi connectivity index (χ2n) is 5.69. The highest BCUT2D eigenvalue weighted by Gasteiger charge is 2.21. The molecule has 0 rings (SSSR count). The lowest BCUT2D eigenvalue weighted by atomic mass is 9.89. The van der Waals surface area contributed by atoms with Gasteiger partial charge in [0, 0.05) is 12.5 Å². The Balaban J connectivity index is 4.12. The van der Waals surface area contributed by atoms with Crippen molar-refractivity contribution in [1.82, 2.24) is 5.32 Å². The second kappa shape index (κ2) is 8.51. The van der Waals surface area contributed by atoms with Crippen LogP contribution in [0.3, 0.4) is 0 Å². The highest BCUT2D eigenvalue weighted by Crippen LogP contribution is 2.19. The quantitative estimate of drug-likeness (QED) is 0.653. The molecule has 102 valence electrons. The fourth-order valence-corrected chi connectivity index (χ4v) is 2.05. The van der Waals surface area contributed by atoms with Crippen molar-refractivity contribution in [3.8, 4) is 0 Å². The molecule has 0 radical (unpaired) electrons. The number of nitrogens with two attached hydrogens (primary N) is 1. The van der Waals surface area contributed by atoms with Gasteiger partial charge in [0.1, 0.15) is 0 Å². The van der Waals surface area contributed by atoms with Crippen LogP contribution < -0.4 is 11.1 Å². The second-order valence-corrected chi connectivity index (χ2v) is 5.69. The van der Waals surface area contributed by atoms with Gasteiger partial charge in [-0.15, -0.1) is 0 Å². The molecule has 0 aliphatic carbocycles. The monoisotopic (exact) mass is 242 g/mol. The van der Waals surface area contributed by atoms with E-state index < -0.39 is 0 Å². The average molecular weight is 242 g/mol. The van der Waals surface area contributed by atoms with E-state index in [1.54, 1.807) is 0 Å². The predicted molar refractivity (Wildman–Crippen MR) is 73.8 cm³/mol. The first-order valence-electron chi connectivity index (χ1n) is 6.94. The average Bonchev–Trinajstić information content (AvgIpc) is 2.26. The largest absolute Gasteiger partial charge is 0.355 e. The fraction of sp³-hybridized carbons (Fsp3) is 0.929. The first kappa shape index (κ1) is 16.4. The first-order valence-corrected chi connectivity index (χ1v) is 6.94. The molecule has 0 aromatic carbocycles. The Morgan fingerprint density at radius 1 is 1.24 bits per heavy atom. The van der Waals surface area contributed by atoms with E-state index in [1.807, 2.05) is 0 Å². The van der Waals surface area contributed by atoms with Crippen molar-refractivity contribution in [1.29, 1.82) is 0 Å². The van der Waals surface area contributed by atoms with Crippen LogP contribution in [0, 0.1) is 11.3 Å². The molecule has 0 unspecified atom stereocenters. The summed E-state index contributed by atoms with van der Waals surface area (Å²) in [4.78, 5) is 12.0. The molecule has 0 fully saturated rings. The zero-order valence-corrected chi connectivity index (χ0v) is 12.0. The van der Waals surface area contributed by atoms with Crippen molar-refractivity contribution in [2.24, 2.45) is 17.1 Å². The minimum Gasteiger partial charge on any atom is -0.355 e. The Morgan fingerprint density at radius 3 is 2.18 bits per heavy atom. The van der Waals surface area contributed by atoms with Gasteiger partial charge in [-0.3, -0.25) is 4.79 Å². The highest BCUT2D eigenvalue weighted by atomic mass is 16.1. The van der Waals surface area contributed by atoms with E-state index >= 15 is 0 Å². The molecule has 3 N–H and O–H groups in total. The van der Waals surface area contributed by atoms with Gasteiger partial charge in [-0.2, -0.15) is 0 Å². The summed E-state index contributed by atoms with van der Waals surface area (Å²) in [6.07, 6.45) is 5.09. The molecule has 0 aliphatic heterocycles. The van der Waals surface area contributed by atoms with Gasteiger partial charge >= 0.3 is 0 Å². The zero-order valence-electron chi connectivity index (χ0n) is 12.0. The fourth-order valence-electron chi connectivity index (χ4n) is 2.05. The van der Waals surface area contributed by atoms with Crippen LogP contribution in [0.4, 0.5) is 0 Å². The number of carbonyl (C=O) groups is 1. The van der Waals surface area contributed by atoms with Gasteiger partial charge in [0.15, 0.2) is 0 Å². The summed E-state index contributed by atoms with van der Waals surface area (Å²) < 4.78 is 0. The molecule has 17 heavy (non-hydrogen) atoms. The Hall–Kier alpha value is -0.570. The maximum absolute atomic E-state index is 12.0. The Morgan fingerprint density at radius 2 is 1.76 bits per heavy atom. The molecular weight excluding hydrogens is 212 g/mol. The number of amides is 1. The molecule has 0 aromatic heterocycles. The number of carbonyl (C=O) groups excluding carboxylic acids is 1. The standard InChI is InChI=1S/C14H30N2O/c1-5-7-12(8-6-2)13(17)16-11-14(3,4)9-10-15/h12H,5-11,15H2,1-4H3,(H,16,17). The van der Waals surface area contributed by atoms with E-state index in [-0.39, 0.29) is 17.2 Å². The van der Waals surface area contributed by atoms with Crippen LogP contribution in [0.1, 0.15) is 59.8 Å². The number of hydrogen-bond donors (Lipinski definition) is 2. The third-order valence-corrected chi connectivity index (χ3v) is 3.21. The SMILES string of the molecule is CCCC(CCC)C(=O)NCC(C)(C)CCN. The Bertz CT molecular complexity index is 208. The third-order valence-electron chi connectivity index (χ3n) is 3.21. The maximum Gasteiger partial charge on any atom is 0.223 e. The minimum atomic E-state index is 0.105. The Labute approximate surface area is 107 Å². The molecule has 1 amide bonds. The summed E-state index contributed by atoms with van der Waals surface area (Å²) >= 11 is 0. The molecule has 0 atom stereocenters. The van der Waals surface area contributed by atoms with Crippen molar-refractivity contribution in [3.63, 3.8) is 0 Å². The van der Waals surface area contributed by atoms with Crippen LogP contribution in [0.15, 0.2) is 0 Å². The van der Waals surface area contributed by atoms with Gasteiger partial charge in [-0.1, -0.05) is 40.5 Å². The number of nitrogens with one attached hydrogen (secondary N) is 1. The van der Waals surface area contributed by atoms with Gasteiger partial charge in [0.2, 0.25) is 5.91 Å². The normalized spacial score (nSPS) is 11.9. The molecular formula is C14H30N2O. The zero-order chi connectivity index (χ0) is 13.3. The van der Waals surface area contributed by atoms with Gasteiger partial charge < -0.3 is 11.1 Å². The molecule has 0 aromatic rings. The lowest BCUT2D eigenvalue weighted by Crippen LogP contribution is -2.38. The van der Waals surface area contributed by atoms with Gasteiger partial charge in [0.05, 0.1) is 0 Å². The van der Waals surface area contributed by atoms with Crippen molar-refractivity contribution in [3.05, 3.63) is 0 Å². The summed E-state index contributed by atoms with van der Waals surface area (Å²) in [6, 6.07) is 0. The molecule has 0 spiro atoms. The van der Waals surface area contributed by atoms with Crippen molar-refractivity contribution < 1.29 is 4.79 Å². The molecule has 0 heterocycles. The van der Waals surface area contributed by atoms with E-state index in [1.165, 1.54) is 0 Å². The van der Waals surface area contributed by atoms with Crippen LogP contribution in [0.2, 0.25) is 0 Å². The topological polar surface area (TPSA) is 55.1 Å². The molecule has 0 aliphatic rings. The van der Waals surface area contributed by atoms with E-state index in [0.29, 0.717) is 6.54 Å². The van der Waals surface area contributed by atoms with E-state index in [9.17, 15) is 4.79 Å². The van der Waals surface area contributed by atoms with Crippen molar-refractivity contribution in [2.75, 3.05) is 13.1 Å². The minimum absolute atomic E-state index is 0.105. The van der Waals surface area contributed by atoms with E-state index in [4.69, 9.17) is 5.73 Å². The van der Waals surface area contributed by atoms with Crippen LogP contribution in [-0.4, -0.2) is 19.0 Å². The summed E-state index contributed by atoms with van der Waals surface area (Å²) in [6.45, 7) is 9.97. The molecule has 3 heteroatoms. The third kappa shape index (κ3) is 7.37. The number of hydrogen-bond acceptors (Lipinski definition) is 2. The number of rotatable bonds is 9. The van der Waals surface area contributed by atoms with Crippen LogP contribution >= 0.6 is 0 Å². The van der Waals surface area contributed by atoms with Crippen LogP contribution in [0.25, 0.3) is 0 Å². The molecule has 3 nitrogen and oxygen atoms in total. The lowest BCUT2D eigenvalue weighted by molar-refractivity contribution is -0.125. The lowest BCUT2D eigenvalue weighted by Gasteiger charge is -2.25. The van der Waals surface area contributed by atoms with Crippen LogP contribution in [0.5, 0.6) is 0 Å². The van der Waals surface area contributed by atoms with E-state index in [2.05, 4.69) is 33.0 Å². The van der Waals surface area contributed by atoms with Gasteiger partial charge in [-0.25, -0.2) is 0 Å². The molecule has 0 saturated carbocycles. The van der Waals surface area contributed by atoms with E-state index in [0.717, 1.165) is 38.6 Å². The Kier molecular flexibility index (Phi) is 8.23. The van der Waals surface area contributed by atoms with Gasteiger partial charge in [0.25, 0.3) is 0 Å². The highest BCUT2D eigenvalue weighted by molar-refractivity contribution is 5.78. The predicted octanol–water partition coefficient (Wildman–Crippen LogP) is 2.69. The summed E-state index contributed by atoms with van der Waals surface area (Å²) in [7, 11) is 0. The van der Waals surface area contributed by atoms with Crippen molar-refractivity contribution >= 4 is 5.91 Å². The van der Waals surface area contributed by atoms with Crippen LogP contribution in [-0.2, 0) is 4.79 Å². The first-order chi connectivity index (χ1) is 7.96. The van der Waals surface area contributed by atoms with Crippen molar-refractivity contribution in [2.45, 2.75) is 59.8 Å². The molecule has 0 saturated heterocycles. The van der Waals surface area contributed by atoms with Gasteiger partial charge in [-0.05, 0) is 31.2 Å². The summed E-state index contributed by atoms with van der Waals surface area (Å²) in [5, 5.41) is 3.08. The summed E-state index contributed by atoms with van der Waals surface area (Å²) in [5.74, 6) is 0.414. The maximum atomic E-state index is 12.0.